The number of aromatic nitrogens is 1. The van der Waals surface area contributed by atoms with Crippen LogP contribution in [0.5, 0.6) is 0 Å². The standard InChI is InChI=1S/C14H12ClN/c15-9-3-1-2-5-12-6-4-7-13-8-10-16-11-14(12)13/h4,6-8,10-11H,1,3,9H2. The normalized spacial score (nSPS) is 9.81. The van der Waals surface area contributed by atoms with E-state index in [1.807, 2.05) is 24.4 Å². The van der Waals surface area contributed by atoms with E-state index < -0.39 is 0 Å². The van der Waals surface area contributed by atoms with Gasteiger partial charge in [-0.1, -0.05) is 24.0 Å². The number of hydrogen-bond donors (Lipinski definition) is 0. The van der Waals surface area contributed by atoms with E-state index in [0.29, 0.717) is 5.88 Å². The molecule has 1 heterocycles. The lowest BCUT2D eigenvalue weighted by Gasteiger charge is -1.98. The van der Waals surface area contributed by atoms with Crippen molar-refractivity contribution in [1.29, 1.82) is 0 Å². The van der Waals surface area contributed by atoms with E-state index in [9.17, 15) is 0 Å². The molecule has 0 saturated carbocycles. The molecule has 0 saturated heterocycles. The Hall–Kier alpha value is -1.52. The predicted molar refractivity (Wildman–Crippen MR) is 68.6 cm³/mol. The molecular formula is C14H12ClN. The van der Waals surface area contributed by atoms with Gasteiger partial charge in [0.15, 0.2) is 0 Å². The summed E-state index contributed by atoms with van der Waals surface area (Å²) in [5.74, 6) is 6.98. The van der Waals surface area contributed by atoms with Crippen molar-refractivity contribution in [2.45, 2.75) is 12.8 Å². The lowest BCUT2D eigenvalue weighted by atomic mass is 10.1. The predicted octanol–water partition coefficient (Wildman–Crippen LogP) is 3.61. The van der Waals surface area contributed by atoms with Crippen LogP contribution in [-0.2, 0) is 0 Å². The van der Waals surface area contributed by atoms with Crippen molar-refractivity contribution >= 4 is 22.4 Å². The van der Waals surface area contributed by atoms with Gasteiger partial charge in [-0.2, -0.15) is 0 Å². The van der Waals surface area contributed by atoms with Gasteiger partial charge in [0.2, 0.25) is 0 Å². The minimum absolute atomic E-state index is 0.672. The molecule has 0 aliphatic rings. The Morgan fingerprint density at radius 3 is 3.06 bits per heavy atom. The van der Waals surface area contributed by atoms with E-state index in [0.717, 1.165) is 23.8 Å². The van der Waals surface area contributed by atoms with Gasteiger partial charge in [-0.25, -0.2) is 0 Å². The van der Waals surface area contributed by atoms with Crippen LogP contribution in [0.1, 0.15) is 18.4 Å². The summed E-state index contributed by atoms with van der Waals surface area (Å²) < 4.78 is 0. The van der Waals surface area contributed by atoms with Gasteiger partial charge < -0.3 is 0 Å². The number of fused-ring (bicyclic) bond motifs is 1. The Balaban J connectivity index is 2.32. The summed E-state index contributed by atoms with van der Waals surface area (Å²) in [4.78, 5) is 4.13. The topological polar surface area (TPSA) is 12.9 Å². The summed E-state index contributed by atoms with van der Waals surface area (Å²) in [7, 11) is 0. The minimum atomic E-state index is 0.672. The Labute approximate surface area is 100 Å². The van der Waals surface area contributed by atoms with Crippen LogP contribution >= 0.6 is 11.6 Å². The first kappa shape index (κ1) is 11.0. The molecule has 0 atom stereocenters. The van der Waals surface area contributed by atoms with E-state index in [-0.39, 0.29) is 0 Å². The SMILES string of the molecule is ClCCCC#Cc1cccc2ccncc12. The Bertz CT molecular complexity index is 532. The molecule has 2 heteroatoms. The van der Waals surface area contributed by atoms with Crippen LogP contribution in [0.15, 0.2) is 36.7 Å². The number of halogens is 1. The van der Waals surface area contributed by atoms with Crippen LogP contribution in [0.25, 0.3) is 10.8 Å². The fourth-order valence-corrected chi connectivity index (χ4v) is 1.67. The average molecular weight is 230 g/mol. The zero-order valence-corrected chi connectivity index (χ0v) is 9.67. The molecule has 0 bridgehead atoms. The van der Waals surface area contributed by atoms with Crippen molar-refractivity contribution in [1.82, 2.24) is 4.98 Å². The van der Waals surface area contributed by atoms with Gasteiger partial charge >= 0.3 is 0 Å². The molecule has 2 rings (SSSR count). The average Bonchev–Trinajstić information content (AvgIpc) is 2.35. The largest absolute Gasteiger partial charge is 0.264 e. The number of nitrogens with zero attached hydrogens (tertiary/aromatic N) is 1. The molecule has 1 aromatic heterocycles. The summed E-state index contributed by atoms with van der Waals surface area (Å²) in [6.45, 7) is 0. The zero-order chi connectivity index (χ0) is 11.2. The van der Waals surface area contributed by atoms with Gasteiger partial charge in [-0.05, 0) is 23.9 Å². The van der Waals surface area contributed by atoms with Crippen molar-refractivity contribution in [2.75, 3.05) is 5.88 Å². The van der Waals surface area contributed by atoms with Gasteiger partial charge in [0.1, 0.15) is 0 Å². The third kappa shape index (κ3) is 2.53. The maximum atomic E-state index is 5.60. The third-order valence-corrected chi connectivity index (χ3v) is 2.61. The van der Waals surface area contributed by atoms with Crippen LogP contribution in [-0.4, -0.2) is 10.9 Å². The number of unbranched alkanes of at least 4 members (excludes halogenated alkanes) is 1. The molecule has 1 nitrogen and oxygen atoms in total. The van der Waals surface area contributed by atoms with Crippen LogP contribution in [0.2, 0.25) is 0 Å². The molecule has 16 heavy (non-hydrogen) atoms. The second-order valence-corrected chi connectivity index (χ2v) is 3.87. The number of alkyl halides is 1. The number of benzene rings is 1. The Morgan fingerprint density at radius 1 is 1.25 bits per heavy atom. The quantitative estimate of drug-likeness (QED) is 0.436. The first-order valence-electron chi connectivity index (χ1n) is 5.29. The van der Waals surface area contributed by atoms with Crippen LogP contribution in [0.3, 0.4) is 0 Å². The van der Waals surface area contributed by atoms with Gasteiger partial charge in [-0.3, -0.25) is 4.98 Å². The first-order chi connectivity index (χ1) is 7.92. The lowest BCUT2D eigenvalue weighted by molar-refractivity contribution is 0.991. The maximum absolute atomic E-state index is 5.60. The van der Waals surface area contributed by atoms with Crippen molar-refractivity contribution in [3.8, 4) is 11.8 Å². The highest BCUT2D eigenvalue weighted by Gasteiger charge is 1.96. The second kappa shape index (κ2) is 5.53. The van der Waals surface area contributed by atoms with E-state index >= 15 is 0 Å². The summed E-state index contributed by atoms with van der Waals surface area (Å²) in [6.07, 6.45) is 5.45. The van der Waals surface area contributed by atoms with Crippen LogP contribution < -0.4 is 0 Å². The monoisotopic (exact) mass is 229 g/mol. The third-order valence-electron chi connectivity index (χ3n) is 2.34. The minimum Gasteiger partial charge on any atom is -0.264 e. The zero-order valence-electron chi connectivity index (χ0n) is 8.91. The molecule has 0 aliphatic carbocycles. The number of hydrogen-bond acceptors (Lipinski definition) is 1. The molecule has 0 aliphatic heterocycles. The van der Waals surface area contributed by atoms with Gasteiger partial charge in [-0.15, -0.1) is 11.6 Å². The van der Waals surface area contributed by atoms with E-state index in [4.69, 9.17) is 11.6 Å². The molecule has 0 unspecified atom stereocenters. The maximum Gasteiger partial charge on any atom is 0.0358 e. The molecule has 80 valence electrons. The summed E-state index contributed by atoms with van der Waals surface area (Å²) in [5.41, 5.74) is 1.04. The van der Waals surface area contributed by atoms with Crippen LogP contribution in [0.4, 0.5) is 0 Å². The van der Waals surface area contributed by atoms with Crippen LogP contribution in [0, 0.1) is 11.8 Å². The molecule has 0 fully saturated rings. The second-order valence-electron chi connectivity index (χ2n) is 3.50. The van der Waals surface area contributed by atoms with Gasteiger partial charge in [0, 0.05) is 35.6 Å². The molecule has 0 radical (unpaired) electrons. The molecule has 2 aromatic rings. The van der Waals surface area contributed by atoms with E-state index in [2.05, 4.69) is 22.9 Å². The highest BCUT2D eigenvalue weighted by molar-refractivity contribution is 6.17. The highest BCUT2D eigenvalue weighted by atomic mass is 35.5. The summed E-state index contributed by atoms with van der Waals surface area (Å²) in [6, 6.07) is 8.12. The van der Waals surface area contributed by atoms with Gasteiger partial charge in [0.05, 0.1) is 0 Å². The molecule has 0 spiro atoms. The smallest absolute Gasteiger partial charge is 0.0358 e. The van der Waals surface area contributed by atoms with Crippen molar-refractivity contribution in [2.24, 2.45) is 0 Å². The van der Waals surface area contributed by atoms with Crippen molar-refractivity contribution < 1.29 is 0 Å². The van der Waals surface area contributed by atoms with Gasteiger partial charge in [0.25, 0.3) is 0 Å². The molecule has 0 amide bonds. The fraction of sp³-hybridized carbons (Fsp3) is 0.214. The van der Waals surface area contributed by atoms with Crippen molar-refractivity contribution in [3.05, 3.63) is 42.2 Å². The Morgan fingerprint density at radius 2 is 2.19 bits per heavy atom. The van der Waals surface area contributed by atoms with E-state index in [1.54, 1.807) is 6.20 Å². The molecular weight excluding hydrogens is 218 g/mol. The number of pyridine rings is 1. The lowest BCUT2D eigenvalue weighted by Crippen LogP contribution is -1.81. The summed E-state index contributed by atoms with van der Waals surface area (Å²) in [5, 5.41) is 2.29. The fourth-order valence-electron chi connectivity index (χ4n) is 1.54. The molecule has 1 aromatic carbocycles. The highest BCUT2D eigenvalue weighted by Crippen LogP contribution is 2.16. The number of rotatable bonds is 2. The van der Waals surface area contributed by atoms with Crippen molar-refractivity contribution in [3.63, 3.8) is 0 Å². The van der Waals surface area contributed by atoms with E-state index in [1.165, 1.54) is 5.39 Å². The summed E-state index contributed by atoms with van der Waals surface area (Å²) >= 11 is 5.60. The Kier molecular flexibility index (Phi) is 3.80. The molecule has 0 N–H and O–H groups in total. The first-order valence-corrected chi connectivity index (χ1v) is 5.83.